The van der Waals surface area contributed by atoms with Crippen LogP contribution < -0.4 is 10.6 Å². The van der Waals surface area contributed by atoms with E-state index >= 15 is 0 Å². The van der Waals surface area contributed by atoms with Gasteiger partial charge >= 0.3 is 0 Å². The van der Waals surface area contributed by atoms with Crippen molar-refractivity contribution in [2.75, 3.05) is 20.2 Å². The third kappa shape index (κ3) is 6.28. The van der Waals surface area contributed by atoms with Gasteiger partial charge in [-0.3, -0.25) is 0 Å². The van der Waals surface area contributed by atoms with E-state index in [0.29, 0.717) is 18.7 Å². The first-order chi connectivity index (χ1) is 10.0. The third-order valence-corrected chi connectivity index (χ3v) is 3.05. The van der Waals surface area contributed by atoms with Crippen molar-refractivity contribution in [1.29, 1.82) is 5.26 Å². The van der Waals surface area contributed by atoms with Gasteiger partial charge in [-0.15, -0.1) is 0 Å². The summed E-state index contributed by atoms with van der Waals surface area (Å²) >= 11 is 0. The van der Waals surface area contributed by atoms with Crippen LogP contribution in [0.3, 0.4) is 0 Å². The SMILES string of the molecule is CCNC(=NCc1cccc(C#N)c1)NCC(C)(C)OC. The molecule has 0 radical (unpaired) electrons. The largest absolute Gasteiger partial charge is 0.377 e. The van der Waals surface area contributed by atoms with Crippen LogP contribution >= 0.6 is 0 Å². The van der Waals surface area contributed by atoms with Crippen molar-refractivity contribution in [3.8, 4) is 6.07 Å². The highest BCUT2D eigenvalue weighted by Gasteiger charge is 2.16. The molecule has 5 heteroatoms. The molecule has 1 aromatic rings. The topological polar surface area (TPSA) is 69.4 Å². The lowest BCUT2D eigenvalue weighted by molar-refractivity contribution is 0.0268. The second kappa shape index (κ2) is 8.28. The van der Waals surface area contributed by atoms with Gasteiger partial charge in [-0.1, -0.05) is 12.1 Å². The number of aliphatic imine (C=N–C) groups is 1. The van der Waals surface area contributed by atoms with E-state index in [0.717, 1.165) is 18.1 Å². The van der Waals surface area contributed by atoms with Gasteiger partial charge in [0, 0.05) is 20.2 Å². The molecule has 0 aliphatic carbocycles. The summed E-state index contributed by atoms with van der Waals surface area (Å²) in [6.45, 7) is 8.03. The lowest BCUT2D eigenvalue weighted by atomic mass is 10.1. The van der Waals surface area contributed by atoms with Crippen molar-refractivity contribution in [2.24, 2.45) is 4.99 Å². The summed E-state index contributed by atoms with van der Waals surface area (Å²) in [7, 11) is 1.69. The Morgan fingerprint density at radius 2 is 2.14 bits per heavy atom. The van der Waals surface area contributed by atoms with Crippen molar-refractivity contribution in [1.82, 2.24) is 10.6 Å². The highest BCUT2D eigenvalue weighted by molar-refractivity contribution is 5.79. The first-order valence-electron chi connectivity index (χ1n) is 7.07. The van der Waals surface area contributed by atoms with Crippen molar-refractivity contribution >= 4 is 5.96 Å². The molecule has 1 rings (SSSR count). The zero-order valence-corrected chi connectivity index (χ0v) is 13.2. The standard InChI is InChI=1S/C16H24N4O/c1-5-18-15(20-12-16(2,3)21-4)19-11-14-8-6-7-13(9-14)10-17/h6-9H,5,11-12H2,1-4H3,(H2,18,19,20). The molecule has 0 aliphatic heterocycles. The van der Waals surface area contributed by atoms with Gasteiger partial charge in [0.1, 0.15) is 0 Å². The fraction of sp³-hybridized carbons (Fsp3) is 0.500. The van der Waals surface area contributed by atoms with Crippen LogP contribution in [-0.4, -0.2) is 31.8 Å². The number of rotatable bonds is 6. The monoisotopic (exact) mass is 288 g/mol. The molecule has 0 unspecified atom stereocenters. The maximum absolute atomic E-state index is 8.90. The molecule has 0 aromatic heterocycles. The van der Waals surface area contributed by atoms with E-state index in [4.69, 9.17) is 10.00 Å². The second-order valence-electron chi connectivity index (χ2n) is 5.32. The summed E-state index contributed by atoms with van der Waals surface area (Å²) < 4.78 is 5.38. The van der Waals surface area contributed by atoms with Gasteiger partial charge in [-0.05, 0) is 38.5 Å². The predicted molar refractivity (Wildman–Crippen MR) is 85.1 cm³/mol. The fourth-order valence-corrected chi connectivity index (χ4v) is 1.62. The molecule has 0 aliphatic rings. The number of methoxy groups -OCH3 is 1. The van der Waals surface area contributed by atoms with Crippen LogP contribution in [0.4, 0.5) is 0 Å². The van der Waals surface area contributed by atoms with E-state index in [-0.39, 0.29) is 5.60 Å². The molecule has 0 spiro atoms. The molecule has 0 atom stereocenters. The molecule has 0 saturated carbocycles. The third-order valence-electron chi connectivity index (χ3n) is 3.05. The van der Waals surface area contributed by atoms with Gasteiger partial charge < -0.3 is 15.4 Å². The average molecular weight is 288 g/mol. The number of nitriles is 1. The Morgan fingerprint density at radius 1 is 1.38 bits per heavy atom. The van der Waals surface area contributed by atoms with Crippen molar-refractivity contribution in [3.05, 3.63) is 35.4 Å². The number of benzene rings is 1. The summed E-state index contributed by atoms with van der Waals surface area (Å²) in [5.74, 6) is 0.741. The van der Waals surface area contributed by atoms with E-state index in [1.54, 1.807) is 13.2 Å². The Balaban J connectivity index is 2.69. The smallest absolute Gasteiger partial charge is 0.191 e. The molecule has 0 bridgehead atoms. The minimum Gasteiger partial charge on any atom is -0.377 e. The number of ether oxygens (including phenoxy) is 1. The van der Waals surface area contributed by atoms with Gasteiger partial charge in [0.15, 0.2) is 5.96 Å². The van der Waals surface area contributed by atoms with E-state index in [1.165, 1.54) is 0 Å². The number of guanidine groups is 1. The Bertz CT molecular complexity index is 517. The molecule has 0 saturated heterocycles. The Labute approximate surface area is 127 Å². The van der Waals surface area contributed by atoms with Gasteiger partial charge in [0.2, 0.25) is 0 Å². The minimum atomic E-state index is -0.253. The summed E-state index contributed by atoms with van der Waals surface area (Å²) in [4.78, 5) is 4.53. The van der Waals surface area contributed by atoms with Crippen molar-refractivity contribution in [3.63, 3.8) is 0 Å². The summed E-state index contributed by atoms with van der Waals surface area (Å²) in [6, 6.07) is 9.62. The van der Waals surface area contributed by atoms with Crippen LogP contribution in [0.15, 0.2) is 29.3 Å². The molecule has 114 valence electrons. The van der Waals surface area contributed by atoms with E-state index in [1.807, 2.05) is 39.0 Å². The van der Waals surface area contributed by atoms with Crippen LogP contribution in [-0.2, 0) is 11.3 Å². The van der Waals surface area contributed by atoms with Crippen molar-refractivity contribution < 1.29 is 4.74 Å². The van der Waals surface area contributed by atoms with Crippen LogP contribution in [0.2, 0.25) is 0 Å². The first-order valence-corrected chi connectivity index (χ1v) is 7.07. The van der Waals surface area contributed by atoms with Gasteiger partial charge in [-0.2, -0.15) is 5.26 Å². The Morgan fingerprint density at radius 3 is 2.76 bits per heavy atom. The maximum Gasteiger partial charge on any atom is 0.191 e. The summed E-state index contributed by atoms with van der Waals surface area (Å²) in [6.07, 6.45) is 0. The molecule has 21 heavy (non-hydrogen) atoms. The highest BCUT2D eigenvalue weighted by Crippen LogP contribution is 2.06. The minimum absolute atomic E-state index is 0.253. The van der Waals surface area contributed by atoms with E-state index in [9.17, 15) is 0 Å². The van der Waals surface area contributed by atoms with E-state index in [2.05, 4.69) is 21.7 Å². The molecule has 2 N–H and O–H groups in total. The maximum atomic E-state index is 8.90. The fourth-order valence-electron chi connectivity index (χ4n) is 1.62. The lowest BCUT2D eigenvalue weighted by Crippen LogP contribution is -2.45. The van der Waals surface area contributed by atoms with Crippen LogP contribution in [0.1, 0.15) is 31.9 Å². The van der Waals surface area contributed by atoms with Gasteiger partial charge in [0.05, 0.1) is 23.8 Å². The second-order valence-corrected chi connectivity index (χ2v) is 5.32. The van der Waals surface area contributed by atoms with E-state index < -0.39 is 0 Å². The first kappa shape index (κ1) is 17.0. The number of hydrogen-bond acceptors (Lipinski definition) is 3. The summed E-state index contributed by atoms with van der Waals surface area (Å²) in [5, 5.41) is 15.4. The molecule has 5 nitrogen and oxygen atoms in total. The van der Waals surface area contributed by atoms with Gasteiger partial charge in [0.25, 0.3) is 0 Å². The quantitative estimate of drug-likeness (QED) is 0.621. The molecule has 0 amide bonds. The zero-order chi connectivity index (χ0) is 15.7. The normalized spacial score (nSPS) is 11.9. The lowest BCUT2D eigenvalue weighted by Gasteiger charge is -2.24. The summed E-state index contributed by atoms with van der Waals surface area (Å²) in [5.41, 5.74) is 1.41. The van der Waals surface area contributed by atoms with Gasteiger partial charge in [-0.25, -0.2) is 4.99 Å². The Hall–Kier alpha value is -2.06. The molecule has 1 aromatic carbocycles. The zero-order valence-electron chi connectivity index (χ0n) is 13.2. The Kier molecular flexibility index (Phi) is 6.70. The molecule has 0 fully saturated rings. The molecule has 0 heterocycles. The molecular weight excluding hydrogens is 264 g/mol. The van der Waals surface area contributed by atoms with Crippen molar-refractivity contribution in [2.45, 2.75) is 32.9 Å². The number of nitrogens with one attached hydrogen (secondary N) is 2. The average Bonchev–Trinajstić information content (AvgIpc) is 2.50. The number of nitrogens with zero attached hydrogens (tertiary/aromatic N) is 2. The molecular formula is C16H24N4O. The van der Waals surface area contributed by atoms with Crippen LogP contribution in [0.5, 0.6) is 0 Å². The number of hydrogen-bond donors (Lipinski definition) is 2. The van der Waals surface area contributed by atoms with Crippen LogP contribution in [0.25, 0.3) is 0 Å². The highest BCUT2D eigenvalue weighted by atomic mass is 16.5. The van der Waals surface area contributed by atoms with Crippen LogP contribution in [0, 0.1) is 11.3 Å². The predicted octanol–water partition coefficient (Wildman–Crippen LogP) is 2.04.